The summed E-state index contributed by atoms with van der Waals surface area (Å²) in [6.07, 6.45) is 0.932. The molecule has 1 heterocycles. The Labute approximate surface area is 170 Å². The standard InChI is InChI=1S/C21H25N5OS/c1-25(2)15-9-14-22-19(27)16-28-21-24-23-20(17-10-5-3-6-11-17)26(21)18-12-7-4-8-13-18/h3-8,10-13H,9,14-16H2,1-2H3,(H,22,27). The highest BCUT2D eigenvalue weighted by atomic mass is 32.2. The first kappa shape index (κ1) is 20.1. The molecule has 3 aromatic rings. The molecule has 0 atom stereocenters. The third-order valence-corrected chi connectivity index (χ3v) is 5.05. The molecule has 0 aliphatic carbocycles. The fraction of sp³-hybridized carbons (Fsp3) is 0.286. The van der Waals surface area contributed by atoms with Crippen molar-refractivity contribution in [2.24, 2.45) is 0 Å². The van der Waals surface area contributed by atoms with Gasteiger partial charge in [-0.2, -0.15) is 0 Å². The van der Waals surface area contributed by atoms with Gasteiger partial charge in [0.15, 0.2) is 11.0 Å². The largest absolute Gasteiger partial charge is 0.355 e. The van der Waals surface area contributed by atoms with E-state index in [1.54, 1.807) is 0 Å². The number of nitrogens with one attached hydrogen (secondary N) is 1. The van der Waals surface area contributed by atoms with Crippen LogP contribution in [0.5, 0.6) is 0 Å². The smallest absolute Gasteiger partial charge is 0.230 e. The Morgan fingerprint density at radius 2 is 1.71 bits per heavy atom. The van der Waals surface area contributed by atoms with E-state index in [-0.39, 0.29) is 5.91 Å². The first-order valence-corrected chi connectivity index (χ1v) is 10.2. The Kier molecular flexibility index (Phi) is 7.22. The average Bonchev–Trinajstić information content (AvgIpc) is 3.15. The minimum Gasteiger partial charge on any atom is -0.355 e. The predicted octanol–water partition coefficient (Wildman–Crippen LogP) is 3.09. The van der Waals surface area contributed by atoms with Crippen LogP contribution in [-0.2, 0) is 4.79 Å². The van der Waals surface area contributed by atoms with E-state index in [4.69, 9.17) is 0 Å². The first-order valence-electron chi connectivity index (χ1n) is 9.25. The summed E-state index contributed by atoms with van der Waals surface area (Å²) in [7, 11) is 4.05. The van der Waals surface area contributed by atoms with Gasteiger partial charge in [0.2, 0.25) is 5.91 Å². The van der Waals surface area contributed by atoms with Crippen LogP contribution in [0.15, 0.2) is 65.8 Å². The molecule has 6 nitrogen and oxygen atoms in total. The molecule has 0 unspecified atom stereocenters. The Morgan fingerprint density at radius 3 is 2.39 bits per heavy atom. The minimum absolute atomic E-state index is 0.00706. The number of carbonyl (C=O) groups excluding carboxylic acids is 1. The summed E-state index contributed by atoms with van der Waals surface area (Å²) >= 11 is 1.40. The number of nitrogens with zero attached hydrogens (tertiary/aromatic N) is 4. The van der Waals surface area contributed by atoms with Crippen molar-refractivity contribution in [3.05, 3.63) is 60.7 Å². The van der Waals surface area contributed by atoms with Crippen LogP contribution in [0.2, 0.25) is 0 Å². The van der Waals surface area contributed by atoms with Crippen LogP contribution in [0.1, 0.15) is 6.42 Å². The molecule has 0 spiro atoms. The van der Waals surface area contributed by atoms with Gasteiger partial charge in [0, 0.05) is 17.8 Å². The Balaban J connectivity index is 1.73. The Morgan fingerprint density at radius 1 is 1.04 bits per heavy atom. The molecule has 0 saturated heterocycles. The summed E-state index contributed by atoms with van der Waals surface area (Å²) in [5, 5.41) is 12.4. The van der Waals surface area contributed by atoms with E-state index in [0.29, 0.717) is 17.5 Å². The molecule has 28 heavy (non-hydrogen) atoms. The molecule has 0 aliphatic rings. The average molecular weight is 396 g/mol. The number of carbonyl (C=O) groups is 1. The lowest BCUT2D eigenvalue weighted by atomic mass is 10.2. The van der Waals surface area contributed by atoms with Gasteiger partial charge in [-0.1, -0.05) is 60.3 Å². The fourth-order valence-electron chi connectivity index (χ4n) is 2.75. The molecule has 0 aliphatic heterocycles. The molecule has 1 aromatic heterocycles. The van der Waals surface area contributed by atoms with Crippen LogP contribution in [0, 0.1) is 0 Å². The second kappa shape index (κ2) is 10.1. The lowest BCUT2D eigenvalue weighted by Gasteiger charge is -2.11. The van der Waals surface area contributed by atoms with E-state index in [9.17, 15) is 4.79 Å². The van der Waals surface area contributed by atoms with E-state index in [2.05, 4.69) is 20.4 Å². The maximum Gasteiger partial charge on any atom is 0.230 e. The Bertz CT molecular complexity index is 880. The predicted molar refractivity (Wildman–Crippen MR) is 114 cm³/mol. The maximum absolute atomic E-state index is 12.2. The quantitative estimate of drug-likeness (QED) is 0.446. The summed E-state index contributed by atoms with van der Waals surface area (Å²) in [4.78, 5) is 14.3. The van der Waals surface area contributed by atoms with Crippen molar-refractivity contribution in [2.45, 2.75) is 11.6 Å². The summed E-state index contributed by atoms with van der Waals surface area (Å²) in [5.41, 5.74) is 1.96. The van der Waals surface area contributed by atoms with Crippen molar-refractivity contribution in [1.82, 2.24) is 25.0 Å². The number of amides is 1. The lowest BCUT2D eigenvalue weighted by Crippen LogP contribution is -2.28. The van der Waals surface area contributed by atoms with Crippen LogP contribution < -0.4 is 5.32 Å². The SMILES string of the molecule is CN(C)CCCNC(=O)CSc1nnc(-c2ccccc2)n1-c1ccccc1. The van der Waals surface area contributed by atoms with Gasteiger partial charge in [-0.15, -0.1) is 10.2 Å². The topological polar surface area (TPSA) is 63.1 Å². The summed E-state index contributed by atoms with van der Waals surface area (Å²) < 4.78 is 2.00. The third-order valence-electron chi connectivity index (χ3n) is 4.12. The van der Waals surface area contributed by atoms with Crippen LogP contribution in [0.25, 0.3) is 17.1 Å². The minimum atomic E-state index is 0.00706. The second-order valence-corrected chi connectivity index (χ2v) is 7.58. The fourth-order valence-corrected chi connectivity index (χ4v) is 3.53. The van der Waals surface area contributed by atoms with E-state index < -0.39 is 0 Å². The van der Waals surface area contributed by atoms with Crippen LogP contribution >= 0.6 is 11.8 Å². The molecule has 3 rings (SSSR count). The van der Waals surface area contributed by atoms with Crippen molar-refractivity contribution >= 4 is 17.7 Å². The third kappa shape index (κ3) is 5.43. The molecule has 0 bridgehead atoms. The molecular weight excluding hydrogens is 370 g/mol. The van der Waals surface area contributed by atoms with Crippen molar-refractivity contribution < 1.29 is 4.79 Å². The van der Waals surface area contributed by atoms with Crippen molar-refractivity contribution in [1.29, 1.82) is 0 Å². The maximum atomic E-state index is 12.2. The molecule has 0 radical (unpaired) electrons. The Hall–Kier alpha value is -2.64. The van der Waals surface area contributed by atoms with Gasteiger partial charge in [-0.05, 0) is 39.2 Å². The molecule has 7 heteroatoms. The number of para-hydroxylation sites is 1. The van der Waals surface area contributed by atoms with E-state index >= 15 is 0 Å². The normalized spacial score (nSPS) is 11.0. The molecule has 1 N–H and O–H groups in total. The zero-order valence-electron chi connectivity index (χ0n) is 16.2. The number of aromatic nitrogens is 3. The van der Waals surface area contributed by atoms with Gasteiger partial charge in [0.05, 0.1) is 5.75 Å². The summed E-state index contributed by atoms with van der Waals surface area (Å²) in [6, 6.07) is 19.9. The number of rotatable bonds is 9. The molecule has 0 saturated carbocycles. The van der Waals surface area contributed by atoms with Crippen LogP contribution in [0.4, 0.5) is 0 Å². The highest BCUT2D eigenvalue weighted by Gasteiger charge is 2.16. The van der Waals surface area contributed by atoms with Gasteiger partial charge < -0.3 is 10.2 Å². The van der Waals surface area contributed by atoms with E-state index in [0.717, 1.165) is 30.0 Å². The van der Waals surface area contributed by atoms with Gasteiger partial charge in [0.1, 0.15) is 0 Å². The first-order chi connectivity index (χ1) is 13.6. The van der Waals surface area contributed by atoms with Crippen molar-refractivity contribution in [3.8, 4) is 17.1 Å². The van der Waals surface area contributed by atoms with Crippen molar-refractivity contribution in [3.63, 3.8) is 0 Å². The second-order valence-electron chi connectivity index (χ2n) is 6.64. The zero-order chi connectivity index (χ0) is 19.8. The molecule has 0 fully saturated rings. The monoisotopic (exact) mass is 395 g/mol. The lowest BCUT2D eigenvalue weighted by molar-refractivity contribution is -0.118. The van der Waals surface area contributed by atoms with Gasteiger partial charge in [-0.25, -0.2) is 0 Å². The van der Waals surface area contributed by atoms with E-state index in [1.807, 2.05) is 79.3 Å². The van der Waals surface area contributed by atoms with Crippen molar-refractivity contribution in [2.75, 3.05) is 32.9 Å². The van der Waals surface area contributed by atoms with Gasteiger partial charge in [-0.3, -0.25) is 9.36 Å². The number of benzene rings is 2. The van der Waals surface area contributed by atoms with Crippen LogP contribution in [0.3, 0.4) is 0 Å². The summed E-state index contributed by atoms with van der Waals surface area (Å²) in [6.45, 7) is 1.63. The van der Waals surface area contributed by atoms with Gasteiger partial charge in [0.25, 0.3) is 0 Å². The molecule has 146 valence electrons. The molecule has 1 amide bonds. The highest BCUT2D eigenvalue weighted by Crippen LogP contribution is 2.27. The highest BCUT2D eigenvalue weighted by molar-refractivity contribution is 7.99. The molecular formula is C21H25N5OS. The number of hydrogen-bond donors (Lipinski definition) is 1. The summed E-state index contributed by atoms with van der Waals surface area (Å²) in [5.74, 6) is 1.08. The van der Waals surface area contributed by atoms with E-state index in [1.165, 1.54) is 11.8 Å². The zero-order valence-corrected chi connectivity index (χ0v) is 17.0. The number of hydrogen-bond acceptors (Lipinski definition) is 5. The number of thioether (sulfide) groups is 1. The molecule has 2 aromatic carbocycles. The van der Waals surface area contributed by atoms with Gasteiger partial charge >= 0.3 is 0 Å². The van der Waals surface area contributed by atoms with Crippen LogP contribution in [-0.4, -0.2) is 58.5 Å².